The van der Waals surface area contributed by atoms with E-state index in [9.17, 15) is 22.4 Å². The lowest BCUT2D eigenvalue weighted by Crippen LogP contribution is -2.55. The molecule has 5 rings (SSSR count). The van der Waals surface area contributed by atoms with Gasteiger partial charge in [-0.3, -0.25) is 13.9 Å². The van der Waals surface area contributed by atoms with E-state index in [1.54, 1.807) is 60.7 Å². The average Bonchev–Trinajstić information content (AvgIpc) is 3.07. The van der Waals surface area contributed by atoms with Crippen LogP contribution in [-0.2, 0) is 32.6 Å². The Kier molecular flexibility index (Phi) is 10.6. The second-order valence-electron chi connectivity index (χ2n) is 11.4. The molecule has 45 heavy (non-hydrogen) atoms. The first-order valence-corrected chi connectivity index (χ1v) is 16.8. The molecule has 0 spiro atoms. The van der Waals surface area contributed by atoms with Gasteiger partial charge in [0, 0.05) is 19.0 Å². The molecule has 1 aliphatic carbocycles. The molecule has 7 nitrogen and oxygen atoms in total. The quantitative estimate of drug-likeness (QED) is 0.205. The SMILES string of the molecule is O=C(NC1CCCCC1)[C@H](Cc1ccccc1)N(Cc1ccc(F)cc1)C(=O)CN(c1ccccc1)S(=O)(=O)c1ccccc1. The number of hydrogen-bond donors (Lipinski definition) is 1. The van der Waals surface area contributed by atoms with Crippen molar-refractivity contribution in [2.75, 3.05) is 10.8 Å². The predicted octanol–water partition coefficient (Wildman–Crippen LogP) is 6.11. The van der Waals surface area contributed by atoms with Crippen LogP contribution in [0.5, 0.6) is 0 Å². The Hall–Kier alpha value is -4.50. The van der Waals surface area contributed by atoms with Crippen LogP contribution in [0.3, 0.4) is 0 Å². The van der Waals surface area contributed by atoms with Crippen LogP contribution in [0.15, 0.2) is 120 Å². The summed E-state index contributed by atoms with van der Waals surface area (Å²) in [5, 5.41) is 3.19. The van der Waals surface area contributed by atoms with E-state index >= 15 is 0 Å². The molecule has 1 N–H and O–H groups in total. The van der Waals surface area contributed by atoms with Gasteiger partial charge >= 0.3 is 0 Å². The maximum atomic E-state index is 14.5. The first-order chi connectivity index (χ1) is 21.8. The van der Waals surface area contributed by atoms with Crippen molar-refractivity contribution < 1.29 is 22.4 Å². The third kappa shape index (κ3) is 8.36. The molecule has 9 heteroatoms. The number of carbonyl (C=O) groups is 2. The van der Waals surface area contributed by atoms with E-state index in [0.29, 0.717) is 11.3 Å². The molecule has 1 fully saturated rings. The molecule has 234 valence electrons. The molecule has 0 aromatic heterocycles. The van der Waals surface area contributed by atoms with E-state index in [-0.39, 0.29) is 29.8 Å². The molecule has 1 aliphatic rings. The normalized spacial score (nSPS) is 14.3. The Labute approximate surface area is 264 Å². The fourth-order valence-corrected chi connectivity index (χ4v) is 7.16. The highest BCUT2D eigenvalue weighted by Gasteiger charge is 2.35. The van der Waals surface area contributed by atoms with Gasteiger partial charge in [-0.2, -0.15) is 0 Å². The fourth-order valence-electron chi connectivity index (χ4n) is 5.73. The summed E-state index contributed by atoms with van der Waals surface area (Å²) in [6.45, 7) is -0.548. The smallest absolute Gasteiger partial charge is 0.264 e. The van der Waals surface area contributed by atoms with Gasteiger partial charge in [-0.15, -0.1) is 0 Å². The van der Waals surface area contributed by atoms with Gasteiger partial charge < -0.3 is 10.2 Å². The van der Waals surface area contributed by atoms with Crippen molar-refractivity contribution in [3.63, 3.8) is 0 Å². The summed E-state index contributed by atoms with van der Waals surface area (Å²) in [4.78, 5) is 30.0. The first-order valence-electron chi connectivity index (χ1n) is 15.3. The third-order valence-corrected chi connectivity index (χ3v) is 9.93. The largest absolute Gasteiger partial charge is 0.352 e. The number of benzene rings is 4. The molecule has 1 atom stereocenters. The van der Waals surface area contributed by atoms with Gasteiger partial charge in [-0.25, -0.2) is 12.8 Å². The molecule has 4 aromatic carbocycles. The highest BCUT2D eigenvalue weighted by Crippen LogP contribution is 2.25. The van der Waals surface area contributed by atoms with E-state index in [1.165, 1.54) is 29.2 Å². The van der Waals surface area contributed by atoms with Gasteiger partial charge in [-0.05, 0) is 60.4 Å². The number of halogens is 1. The molecular weight excluding hydrogens is 589 g/mol. The van der Waals surface area contributed by atoms with Crippen molar-refractivity contribution in [1.82, 2.24) is 10.2 Å². The van der Waals surface area contributed by atoms with Gasteiger partial charge in [0.25, 0.3) is 10.0 Å². The summed E-state index contributed by atoms with van der Waals surface area (Å²) in [6, 6.07) is 30.7. The Bertz CT molecular complexity index is 1650. The molecular formula is C36H38FN3O4S. The molecule has 0 radical (unpaired) electrons. The van der Waals surface area contributed by atoms with Crippen LogP contribution in [0.25, 0.3) is 0 Å². The van der Waals surface area contributed by atoms with E-state index in [0.717, 1.165) is 42.0 Å². The number of amides is 2. The minimum atomic E-state index is -4.15. The molecule has 0 saturated heterocycles. The third-order valence-electron chi connectivity index (χ3n) is 8.14. The van der Waals surface area contributed by atoms with E-state index in [4.69, 9.17) is 0 Å². The van der Waals surface area contributed by atoms with Crippen molar-refractivity contribution in [3.05, 3.63) is 132 Å². The zero-order valence-electron chi connectivity index (χ0n) is 25.1. The summed E-state index contributed by atoms with van der Waals surface area (Å²) in [5.74, 6) is -1.27. The van der Waals surface area contributed by atoms with Crippen LogP contribution in [0.1, 0.15) is 43.2 Å². The number of nitrogens with zero attached hydrogens (tertiary/aromatic N) is 2. The minimum absolute atomic E-state index is 0.00609. The molecule has 0 unspecified atom stereocenters. The number of anilines is 1. The summed E-state index contributed by atoms with van der Waals surface area (Å²) in [6.07, 6.45) is 5.13. The maximum absolute atomic E-state index is 14.5. The van der Waals surface area contributed by atoms with Crippen LogP contribution in [0, 0.1) is 5.82 Å². The van der Waals surface area contributed by atoms with Crippen molar-refractivity contribution in [2.24, 2.45) is 0 Å². The number of rotatable bonds is 12. The van der Waals surface area contributed by atoms with Gasteiger partial charge in [0.05, 0.1) is 10.6 Å². The van der Waals surface area contributed by atoms with E-state index in [1.807, 2.05) is 30.3 Å². The highest BCUT2D eigenvalue weighted by molar-refractivity contribution is 7.92. The molecule has 2 amide bonds. The van der Waals surface area contributed by atoms with Crippen molar-refractivity contribution in [1.29, 1.82) is 0 Å². The zero-order chi connectivity index (χ0) is 31.6. The Morgan fingerprint density at radius 1 is 0.756 bits per heavy atom. The monoisotopic (exact) mass is 627 g/mol. The summed E-state index contributed by atoms with van der Waals surface area (Å²) >= 11 is 0. The molecule has 0 heterocycles. The van der Waals surface area contributed by atoms with Crippen molar-refractivity contribution in [2.45, 2.75) is 62.0 Å². The van der Waals surface area contributed by atoms with E-state index < -0.39 is 34.3 Å². The predicted molar refractivity (Wildman–Crippen MR) is 173 cm³/mol. The first kappa shape index (κ1) is 31.9. The van der Waals surface area contributed by atoms with Crippen molar-refractivity contribution >= 4 is 27.5 Å². The fraction of sp³-hybridized carbons (Fsp3) is 0.278. The summed E-state index contributed by atoms with van der Waals surface area (Å²) in [5.41, 5.74) is 1.79. The van der Waals surface area contributed by atoms with Crippen LogP contribution < -0.4 is 9.62 Å². The molecule has 1 saturated carbocycles. The second-order valence-corrected chi connectivity index (χ2v) is 13.2. The van der Waals surface area contributed by atoms with Crippen LogP contribution in [0.2, 0.25) is 0 Å². The lowest BCUT2D eigenvalue weighted by Gasteiger charge is -2.35. The Balaban J connectivity index is 1.54. The molecule has 0 bridgehead atoms. The minimum Gasteiger partial charge on any atom is -0.352 e. The van der Waals surface area contributed by atoms with Gasteiger partial charge in [-0.1, -0.05) is 98.1 Å². The van der Waals surface area contributed by atoms with E-state index in [2.05, 4.69) is 5.32 Å². The Morgan fingerprint density at radius 2 is 1.33 bits per heavy atom. The second kappa shape index (κ2) is 15.0. The summed E-state index contributed by atoms with van der Waals surface area (Å²) in [7, 11) is -4.15. The standard InChI is InChI=1S/C36H38FN3O4S/c37-30-23-21-29(22-24-30)26-39(34(25-28-13-5-1-6-14-28)36(42)38-31-15-7-2-8-16-31)35(41)27-40(32-17-9-3-10-18-32)45(43,44)33-19-11-4-12-20-33/h1,3-6,9-14,17-24,31,34H,2,7-8,15-16,25-27H2,(H,38,42)/t34-/m0/s1. The topological polar surface area (TPSA) is 86.8 Å². The van der Waals surface area contributed by atoms with Gasteiger partial charge in [0.2, 0.25) is 11.8 Å². The number of carbonyl (C=O) groups excluding carboxylic acids is 2. The zero-order valence-corrected chi connectivity index (χ0v) is 25.9. The maximum Gasteiger partial charge on any atom is 0.264 e. The molecule has 4 aromatic rings. The lowest BCUT2D eigenvalue weighted by molar-refractivity contribution is -0.140. The number of nitrogens with one attached hydrogen (secondary N) is 1. The van der Waals surface area contributed by atoms with Gasteiger partial charge in [0.1, 0.15) is 18.4 Å². The van der Waals surface area contributed by atoms with Crippen LogP contribution in [-0.4, -0.2) is 43.8 Å². The van der Waals surface area contributed by atoms with Crippen molar-refractivity contribution in [3.8, 4) is 0 Å². The highest BCUT2D eigenvalue weighted by atomic mass is 32.2. The summed E-state index contributed by atoms with van der Waals surface area (Å²) < 4.78 is 42.9. The van der Waals surface area contributed by atoms with Crippen LogP contribution in [0.4, 0.5) is 10.1 Å². The number of sulfonamides is 1. The number of para-hydroxylation sites is 1. The number of hydrogen-bond acceptors (Lipinski definition) is 4. The lowest BCUT2D eigenvalue weighted by atomic mass is 9.94. The Morgan fingerprint density at radius 3 is 1.96 bits per heavy atom. The average molecular weight is 628 g/mol. The van der Waals surface area contributed by atoms with Crippen LogP contribution >= 0.6 is 0 Å². The van der Waals surface area contributed by atoms with Gasteiger partial charge in [0.15, 0.2) is 0 Å². The molecule has 0 aliphatic heterocycles.